The van der Waals surface area contributed by atoms with E-state index in [0.29, 0.717) is 5.92 Å². The first-order valence-electron chi connectivity index (χ1n) is 19.3. The molecule has 267 valence electrons. The van der Waals surface area contributed by atoms with Crippen LogP contribution in [0.3, 0.4) is 0 Å². The summed E-state index contributed by atoms with van der Waals surface area (Å²) in [4.78, 5) is 2.66. The average molecular weight is 687 g/mol. The van der Waals surface area contributed by atoms with Crippen molar-refractivity contribution in [3.63, 3.8) is 0 Å². The fourth-order valence-corrected chi connectivity index (χ4v) is 9.27. The van der Waals surface area contributed by atoms with Crippen LogP contribution in [0.2, 0.25) is 0 Å². The topological polar surface area (TPSA) is 30.9 Å². The van der Waals surface area contributed by atoms with Crippen LogP contribution in [-0.4, -0.2) is 61.0 Å². The van der Waals surface area contributed by atoms with E-state index in [-0.39, 0.29) is 18.3 Å². The Morgan fingerprint density at radius 3 is 2.26 bits per heavy atom. The van der Waals surface area contributed by atoms with Crippen molar-refractivity contribution in [1.82, 2.24) is 4.90 Å². The molecule has 2 aliphatic carbocycles. The third kappa shape index (κ3) is 13.9. The van der Waals surface area contributed by atoms with Gasteiger partial charge in [-0.1, -0.05) is 112 Å². The quantitative estimate of drug-likeness (QED) is 0.0795. The van der Waals surface area contributed by atoms with Crippen molar-refractivity contribution in [2.75, 3.05) is 37.8 Å². The van der Waals surface area contributed by atoms with Crippen LogP contribution in [-0.2, 0) is 22.4 Å². The van der Waals surface area contributed by atoms with Crippen molar-refractivity contribution in [3.05, 3.63) is 46.9 Å². The standard InChI is InChI=1S/C41H68NO3S2/c1-8-38-39-27-36(39)28-40(41(38)45-31(4)5)44-23-25-47-46-24-22-43-37-18-17-35-29-42(21-19-34(35)26-37)20-11-16-33(7)15-10-14-32(6)13-9-12-30(2)3/h17-18,26-27,30-33,38,40-41H,8-16,19-25,28-29H2,1-7H3/t32?,33?,38?,40-,41+/m0/s1. The fourth-order valence-electron chi connectivity index (χ4n) is 7.60. The molecule has 3 aliphatic rings. The smallest absolute Gasteiger partial charge is 0.119 e. The van der Waals surface area contributed by atoms with E-state index in [0.717, 1.165) is 74.0 Å². The molecule has 4 rings (SSSR count). The van der Waals surface area contributed by atoms with Crippen LogP contribution in [0.15, 0.2) is 29.3 Å². The van der Waals surface area contributed by atoms with E-state index in [4.69, 9.17) is 14.2 Å². The minimum atomic E-state index is 0.187. The number of nitrogens with zero attached hydrogens (tertiary/aromatic N) is 1. The van der Waals surface area contributed by atoms with Gasteiger partial charge in [0, 0.05) is 36.9 Å². The average Bonchev–Trinajstić information content (AvgIpc) is 3.81. The summed E-state index contributed by atoms with van der Waals surface area (Å²) in [5.41, 5.74) is 6.03. The van der Waals surface area contributed by atoms with E-state index < -0.39 is 0 Å². The van der Waals surface area contributed by atoms with Crippen molar-refractivity contribution in [2.45, 2.75) is 144 Å². The van der Waals surface area contributed by atoms with Gasteiger partial charge in [-0.05, 0) is 93.5 Å². The summed E-state index contributed by atoms with van der Waals surface area (Å²) in [6, 6.07) is 6.79. The number of fused-ring (bicyclic) bond motifs is 1. The van der Waals surface area contributed by atoms with Crippen LogP contribution < -0.4 is 4.74 Å². The monoisotopic (exact) mass is 686 g/mol. The molecule has 6 heteroatoms. The summed E-state index contributed by atoms with van der Waals surface area (Å²) in [6.45, 7) is 21.2. The number of benzene rings is 1. The van der Waals surface area contributed by atoms with E-state index in [2.05, 4.69) is 78.0 Å². The zero-order valence-electron chi connectivity index (χ0n) is 31.1. The Bertz CT molecular complexity index is 1070. The Labute approximate surface area is 297 Å². The number of hydrogen-bond donors (Lipinski definition) is 0. The molecule has 1 heterocycles. The van der Waals surface area contributed by atoms with Gasteiger partial charge in [0.15, 0.2) is 0 Å². The van der Waals surface area contributed by atoms with Gasteiger partial charge >= 0.3 is 0 Å². The Morgan fingerprint density at radius 2 is 1.55 bits per heavy atom. The van der Waals surface area contributed by atoms with Gasteiger partial charge in [-0.2, -0.15) is 0 Å². The lowest BCUT2D eigenvalue weighted by molar-refractivity contribution is -0.110. The highest BCUT2D eigenvalue weighted by molar-refractivity contribution is 8.76. The summed E-state index contributed by atoms with van der Waals surface area (Å²) in [6.07, 6.45) is 17.4. The van der Waals surface area contributed by atoms with Gasteiger partial charge in [-0.3, -0.25) is 4.90 Å². The second-order valence-electron chi connectivity index (χ2n) is 15.5. The van der Waals surface area contributed by atoms with E-state index in [1.807, 2.05) is 21.6 Å². The molecule has 0 N–H and O–H groups in total. The molecular formula is C41H68NO3S2. The van der Waals surface area contributed by atoms with E-state index >= 15 is 0 Å². The summed E-state index contributed by atoms with van der Waals surface area (Å²) in [5, 5.41) is 0. The van der Waals surface area contributed by atoms with Gasteiger partial charge < -0.3 is 14.2 Å². The molecule has 4 nitrogen and oxygen atoms in total. The fraction of sp³-hybridized carbons (Fsp3) is 0.780. The molecule has 1 aromatic rings. The van der Waals surface area contributed by atoms with Crippen LogP contribution in [0.5, 0.6) is 5.75 Å². The van der Waals surface area contributed by atoms with Gasteiger partial charge in [0.1, 0.15) is 5.75 Å². The molecule has 0 saturated heterocycles. The highest BCUT2D eigenvalue weighted by atomic mass is 33.1. The first kappa shape index (κ1) is 39.1. The van der Waals surface area contributed by atoms with Gasteiger partial charge in [0.05, 0.1) is 31.5 Å². The zero-order chi connectivity index (χ0) is 33.6. The highest BCUT2D eigenvalue weighted by Gasteiger charge is 2.45. The van der Waals surface area contributed by atoms with Crippen molar-refractivity contribution < 1.29 is 14.2 Å². The van der Waals surface area contributed by atoms with E-state index in [9.17, 15) is 0 Å². The summed E-state index contributed by atoms with van der Waals surface area (Å²) < 4.78 is 18.9. The molecule has 1 aliphatic heterocycles. The Balaban J connectivity index is 1.02. The SMILES string of the molecule is CCC1C2=C([CH]2)C[C@H](OCCSSCCOc2ccc3c(c2)CCN(CCCC(C)CCCC(C)CCCC(C)C)C3)[C@@H]1OC(C)C. The summed E-state index contributed by atoms with van der Waals surface area (Å²) >= 11 is 0. The van der Waals surface area contributed by atoms with Crippen LogP contribution in [0.1, 0.15) is 124 Å². The molecule has 5 atom stereocenters. The molecule has 0 fully saturated rings. The molecular weight excluding hydrogens is 619 g/mol. The van der Waals surface area contributed by atoms with Crippen molar-refractivity contribution in [3.8, 4) is 5.75 Å². The third-order valence-electron chi connectivity index (χ3n) is 10.4. The van der Waals surface area contributed by atoms with Crippen LogP contribution >= 0.6 is 21.6 Å². The lowest BCUT2D eigenvalue weighted by Crippen LogP contribution is -2.41. The van der Waals surface area contributed by atoms with Gasteiger partial charge in [0.25, 0.3) is 0 Å². The van der Waals surface area contributed by atoms with Gasteiger partial charge in [0.2, 0.25) is 0 Å². The van der Waals surface area contributed by atoms with Crippen LogP contribution in [0.25, 0.3) is 0 Å². The molecule has 1 aromatic carbocycles. The Morgan fingerprint density at radius 1 is 0.851 bits per heavy atom. The molecule has 1 radical (unpaired) electrons. The number of hydrogen-bond acceptors (Lipinski definition) is 6. The van der Waals surface area contributed by atoms with Crippen LogP contribution in [0.4, 0.5) is 0 Å². The van der Waals surface area contributed by atoms with E-state index in [1.165, 1.54) is 86.7 Å². The molecule has 0 aromatic heterocycles. The Hall–Kier alpha value is -0.660. The predicted octanol–water partition coefficient (Wildman–Crippen LogP) is 11.0. The molecule has 0 bridgehead atoms. The maximum atomic E-state index is 6.38. The lowest BCUT2D eigenvalue weighted by atomic mass is 9.87. The molecule has 3 unspecified atom stereocenters. The minimum absolute atomic E-state index is 0.187. The normalized spacial score (nSPS) is 22.4. The van der Waals surface area contributed by atoms with Gasteiger partial charge in [-0.15, -0.1) is 0 Å². The maximum Gasteiger partial charge on any atom is 0.119 e. The Kier molecular flexibility index (Phi) is 17.4. The first-order valence-corrected chi connectivity index (χ1v) is 21.8. The largest absolute Gasteiger partial charge is 0.493 e. The minimum Gasteiger partial charge on any atom is -0.493 e. The highest BCUT2D eigenvalue weighted by Crippen LogP contribution is 2.49. The van der Waals surface area contributed by atoms with Crippen molar-refractivity contribution in [2.24, 2.45) is 23.7 Å². The first-order chi connectivity index (χ1) is 22.7. The zero-order valence-corrected chi connectivity index (χ0v) is 32.7. The molecule has 47 heavy (non-hydrogen) atoms. The second-order valence-corrected chi connectivity index (χ2v) is 18.2. The van der Waals surface area contributed by atoms with Crippen molar-refractivity contribution in [1.29, 1.82) is 0 Å². The molecule has 0 spiro atoms. The summed E-state index contributed by atoms with van der Waals surface area (Å²) in [5.74, 6) is 6.12. The lowest BCUT2D eigenvalue weighted by Gasteiger charge is -2.35. The molecule has 0 saturated carbocycles. The molecule has 0 amide bonds. The number of ether oxygens (including phenoxy) is 3. The second kappa shape index (κ2) is 20.9. The number of rotatable bonds is 24. The maximum absolute atomic E-state index is 6.38. The van der Waals surface area contributed by atoms with Gasteiger partial charge in [-0.25, -0.2) is 0 Å². The van der Waals surface area contributed by atoms with Crippen molar-refractivity contribution >= 4 is 21.6 Å². The van der Waals surface area contributed by atoms with E-state index in [1.54, 1.807) is 0 Å². The summed E-state index contributed by atoms with van der Waals surface area (Å²) in [7, 11) is 3.78. The third-order valence-corrected chi connectivity index (χ3v) is 12.7. The van der Waals surface area contributed by atoms with Crippen LogP contribution in [0, 0.1) is 30.1 Å². The predicted molar refractivity (Wildman–Crippen MR) is 205 cm³/mol.